The van der Waals surface area contributed by atoms with Crippen molar-refractivity contribution in [3.05, 3.63) is 17.5 Å². The molecule has 0 aliphatic carbocycles. The SMILES string of the molecule is Cc1nn(C)cc1C(CN)N1CCCC1(C)C. The van der Waals surface area contributed by atoms with Gasteiger partial charge in [-0.05, 0) is 40.2 Å². The molecular formula is C13H24N4. The number of hydrogen-bond acceptors (Lipinski definition) is 3. The van der Waals surface area contributed by atoms with Gasteiger partial charge in [0.05, 0.1) is 11.7 Å². The number of rotatable bonds is 3. The van der Waals surface area contributed by atoms with E-state index in [4.69, 9.17) is 5.73 Å². The summed E-state index contributed by atoms with van der Waals surface area (Å²) in [5.41, 5.74) is 8.65. The first kappa shape index (κ1) is 12.6. The second-order valence-corrected chi connectivity index (χ2v) is 5.70. The van der Waals surface area contributed by atoms with Crippen molar-refractivity contribution >= 4 is 0 Å². The normalized spacial score (nSPS) is 21.9. The van der Waals surface area contributed by atoms with Crippen LogP contribution >= 0.6 is 0 Å². The van der Waals surface area contributed by atoms with Crippen molar-refractivity contribution in [1.82, 2.24) is 14.7 Å². The Hall–Kier alpha value is -0.870. The van der Waals surface area contributed by atoms with Crippen LogP contribution < -0.4 is 5.73 Å². The van der Waals surface area contributed by atoms with Crippen molar-refractivity contribution < 1.29 is 0 Å². The average Bonchev–Trinajstić information content (AvgIpc) is 2.73. The summed E-state index contributed by atoms with van der Waals surface area (Å²) in [6.07, 6.45) is 4.63. The molecule has 2 N–H and O–H groups in total. The van der Waals surface area contributed by atoms with E-state index in [1.807, 2.05) is 11.7 Å². The standard InChI is InChI=1S/C13H24N4/c1-10-11(9-16(4)15-10)12(8-14)17-7-5-6-13(17,2)3/h9,12H,5-8,14H2,1-4H3. The molecular weight excluding hydrogens is 212 g/mol. The van der Waals surface area contributed by atoms with Gasteiger partial charge in [-0.3, -0.25) is 9.58 Å². The number of aryl methyl sites for hydroxylation is 2. The summed E-state index contributed by atoms with van der Waals surface area (Å²) in [5.74, 6) is 0. The fourth-order valence-electron chi connectivity index (χ4n) is 3.07. The van der Waals surface area contributed by atoms with Crippen LogP contribution in [-0.2, 0) is 7.05 Å². The highest BCUT2D eigenvalue weighted by molar-refractivity contribution is 5.22. The second-order valence-electron chi connectivity index (χ2n) is 5.70. The Morgan fingerprint density at radius 1 is 1.53 bits per heavy atom. The highest BCUT2D eigenvalue weighted by Gasteiger charge is 2.37. The maximum Gasteiger partial charge on any atom is 0.0641 e. The lowest BCUT2D eigenvalue weighted by molar-refractivity contribution is 0.119. The van der Waals surface area contributed by atoms with E-state index in [2.05, 4.69) is 37.0 Å². The highest BCUT2D eigenvalue weighted by Crippen LogP contribution is 2.36. The van der Waals surface area contributed by atoms with Crippen molar-refractivity contribution in [2.45, 2.75) is 45.2 Å². The molecule has 4 nitrogen and oxygen atoms in total. The van der Waals surface area contributed by atoms with E-state index in [1.54, 1.807) is 0 Å². The molecule has 0 aromatic carbocycles. The fraction of sp³-hybridized carbons (Fsp3) is 0.769. The number of aromatic nitrogens is 2. The summed E-state index contributed by atoms with van der Waals surface area (Å²) >= 11 is 0. The van der Waals surface area contributed by atoms with Crippen LogP contribution in [0.4, 0.5) is 0 Å². The third kappa shape index (κ3) is 2.24. The summed E-state index contributed by atoms with van der Waals surface area (Å²) in [4.78, 5) is 2.54. The summed E-state index contributed by atoms with van der Waals surface area (Å²) in [6, 6.07) is 0.307. The van der Waals surface area contributed by atoms with E-state index in [9.17, 15) is 0 Å². The summed E-state index contributed by atoms with van der Waals surface area (Å²) in [6.45, 7) is 8.50. The molecule has 2 rings (SSSR count). The molecule has 0 bridgehead atoms. The second kappa shape index (κ2) is 4.42. The van der Waals surface area contributed by atoms with Gasteiger partial charge in [-0.1, -0.05) is 0 Å². The van der Waals surface area contributed by atoms with Gasteiger partial charge in [0.15, 0.2) is 0 Å². The zero-order valence-electron chi connectivity index (χ0n) is 11.4. The van der Waals surface area contributed by atoms with Crippen molar-refractivity contribution in [2.24, 2.45) is 12.8 Å². The molecule has 96 valence electrons. The smallest absolute Gasteiger partial charge is 0.0641 e. The first-order chi connectivity index (χ1) is 7.95. The third-order valence-electron chi connectivity index (χ3n) is 3.98. The maximum atomic E-state index is 6.01. The van der Waals surface area contributed by atoms with Crippen LogP contribution in [0.25, 0.3) is 0 Å². The van der Waals surface area contributed by atoms with Crippen molar-refractivity contribution in [3.8, 4) is 0 Å². The first-order valence-corrected chi connectivity index (χ1v) is 6.42. The minimum Gasteiger partial charge on any atom is -0.329 e. The highest BCUT2D eigenvalue weighted by atomic mass is 15.3. The molecule has 1 aliphatic rings. The minimum absolute atomic E-state index is 0.256. The molecule has 1 aromatic heterocycles. The van der Waals surface area contributed by atoms with Crippen LogP contribution in [-0.4, -0.2) is 33.3 Å². The molecule has 1 atom stereocenters. The molecule has 0 radical (unpaired) electrons. The topological polar surface area (TPSA) is 47.1 Å². The number of hydrogen-bond donors (Lipinski definition) is 1. The van der Waals surface area contributed by atoms with Crippen molar-refractivity contribution in [3.63, 3.8) is 0 Å². The van der Waals surface area contributed by atoms with Gasteiger partial charge in [0.1, 0.15) is 0 Å². The van der Waals surface area contributed by atoms with Gasteiger partial charge in [0, 0.05) is 30.9 Å². The molecule has 1 saturated heterocycles. The van der Waals surface area contributed by atoms with E-state index in [1.165, 1.54) is 18.4 Å². The third-order valence-corrected chi connectivity index (χ3v) is 3.98. The van der Waals surface area contributed by atoms with Gasteiger partial charge >= 0.3 is 0 Å². The number of nitrogens with zero attached hydrogens (tertiary/aromatic N) is 3. The summed E-state index contributed by atoms with van der Waals surface area (Å²) < 4.78 is 1.89. The zero-order chi connectivity index (χ0) is 12.6. The van der Waals surface area contributed by atoms with Gasteiger partial charge in [-0.25, -0.2) is 0 Å². The summed E-state index contributed by atoms with van der Waals surface area (Å²) in [5, 5.41) is 4.43. The molecule has 0 saturated carbocycles. The van der Waals surface area contributed by atoms with E-state index in [-0.39, 0.29) is 5.54 Å². The van der Waals surface area contributed by atoms with Crippen LogP contribution in [0.1, 0.15) is 44.0 Å². The zero-order valence-corrected chi connectivity index (χ0v) is 11.4. The molecule has 1 aromatic rings. The van der Waals surface area contributed by atoms with E-state index >= 15 is 0 Å². The number of nitrogens with two attached hydrogens (primary N) is 1. The van der Waals surface area contributed by atoms with Gasteiger partial charge in [0.25, 0.3) is 0 Å². The maximum absolute atomic E-state index is 6.01. The molecule has 1 aliphatic heterocycles. The largest absolute Gasteiger partial charge is 0.329 e. The lowest BCUT2D eigenvalue weighted by Crippen LogP contribution is -2.43. The van der Waals surface area contributed by atoms with Crippen molar-refractivity contribution in [1.29, 1.82) is 0 Å². The van der Waals surface area contributed by atoms with Crippen LogP contribution in [0.5, 0.6) is 0 Å². The van der Waals surface area contributed by atoms with Crippen LogP contribution in [0.3, 0.4) is 0 Å². The Morgan fingerprint density at radius 3 is 2.65 bits per heavy atom. The molecule has 1 unspecified atom stereocenters. The Morgan fingerprint density at radius 2 is 2.24 bits per heavy atom. The Kier molecular flexibility index (Phi) is 3.27. The Labute approximate surface area is 104 Å². The van der Waals surface area contributed by atoms with Crippen LogP contribution in [0.2, 0.25) is 0 Å². The van der Waals surface area contributed by atoms with E-state index < -0.39 is 0 Å². The number of likely N-dealkylation sites (tertiary alicyclic amines) is 1. The minimum atomic E-state index is 0.256. The van der Waals surface area contributed by atoms with E-state index in [0.29, 0.717) is 12.6 Å². The average molecular weight is 236 g/mol. The van der Waals surface area contributed by atoms with Gasteiger partial charge < -0.3 is 5.73 Å². The van der Waals surface area contributed by atoms with Gasteiger partial charge in [-0.15, -0.1) is 0 Å². The monoisotopic (exact) mass is 236 g/mol. The molecule has 17 heavy (non-hydrogen) atoms. The first-order valence-electron chi connectivity index (χ1n) is 6.42. The molecule has 0 spiro atoms. The predicted octanol–water partition coefficient (Wildman–Crippen LogP) is 1.60. The Balaban J connectivity index is 2.31. The molecule has 4 heteroatoms. The lowest BCUT2D eigenvalue weighted by Gasteiger charge is -2.37. The fourth-order valence-corrected chi connectivity index (χ4v) is 3.07. The molecule has 0 amide bonds. The molecule has 2 heterocycles. The van der Waals surface area contributed by atoms with Gasteiger partial charge in [0.2, 0.25) is 0 Å². The van der Waals surface area contributed by atoms with Crippen molar-refractivity contribution in [2.75, 3.05) is 13.1 Å². The van der Waals surface area contributed by atoms with Crippen LogP contribution in [0.15, 0.2) is 6.20 Å². The molecule has 1 fully saturated rings. The predicted molar refractivity (Wildman–Crippen MR) is 69.8 cm³/mol. The van der Waals surface area contributed by atoms with E-state index in [0.717, 1.165) is 12.2 Å². The quantitative estimate of drug-likeness (QED) is 0.867. The Bertz CT molecular complexity index is 394. The van der Waals surface area contributed by atoms with Gasteiger partial charge in [-0.2, -0.15) is 5.10 Å². The van der Waals surface area contributed by atoms with Crippen LogP contribution in [0, 0.1) is 6.92 Å². The lowest BCUT2D eigenvalue weighted by atomic mass is 9.98. The summed E-state index contributed by atoms with van der Waals surface area (Å²) in [7, 11) is 1.97.